The highest BCUT2D eigenvalue weighted by Crippen LogP contribution is 2.23. The molecule has 0 radical (unpaired) electrons. The van der Waals surface area contributed by atoms with Crippen molar-refractivity contribution in [2.75, 3.05) is 25.6 Å². The molecule has 6 nitrogen and oxygen atoms in total. The number of halogens is 1. The van der Waals surface area contributed by atoms with Gasteiger partial charge in [-0.15, -0.1) is 0 Å². The molecule has 0 aliphatic carbocycles. The third-order valence-corrected chi connectivity index (χ3v) is 5.97. The Morgan fingerprint density at radius 1 is 1.26 bits per heavy atom. The van der Waals surface area contributed by atoms with Gasteiger partial charge in [0.15, 0.2) is 0 Å². The fraction of sp³-hybridized carbons (Fsp3) is 0.421. The van der Waals surface area contributed by atoms with E-state index in [4.69, 9.17) is 9.47 Å². The SMILES string of the molecule is CCS(=O)(=O)N[C@H]1COCC[C@@H]1COc1ccc(-c2ccc(F)cn2)cc1. The van der Waals surface area contributed by atoms with Crippen molar-refractivity contribution >= 4 is 10.0 Å². The average molecular weight is 394 g/mol. The first-order valence-corrected chi connectivity index (χ1v) is 10.5. The standard InChI is InChI=1S/C19H23FN2O4S/c1-2-27(23,24)22-19-13-25-10-9-15(19)12-26-17-6-3-14(4-7-17)18-8-5-16(20)11-21-18/h3-8,11,15,19,22H,2,9-10,12-13H2,1H3/t15-,19+/m1/s1. The van der Waals surface area contributed by atoms with Crippen LogP contribution in [0.2, 0.25) is 0 Å². The second-order valence-electron chi connectivity index (χ2n) is 6.45. The van der Waals surface area contributed by atoms with Gasteiger partial charge >= 0.3 is 0 Å². The number of benzene rings is 1. The lowest BCUT2D eigenvalue weighted by Crippen LogP contribution is -2.48. The van der Waals surface area contributed by atoms with Crippen molar-refractivity contribution in [1.82, 2.24) is 9.71 Å². The quantitative estimate of drug-likeness (QED) is 0.781. The molecular weight excluding hydrogens is 371 g/mol. The number of rotatable bonds is 7. The number of nitrogens with one attached hydrogen (secondary N) is 1. The molecule has 3 rings (SSSR count). The molecule has 27 heavy (non-hydrogen) atoms. The lowest BCUT2D eigenvalue weighted by atomic mass is 9.97. The predicted molar refractivity (Wildman–Crippen MR) is 100 cm³/mol. The third-order valence-electron chi connectivity index (χ3n) is 4.55. The number of hydrogen-bond donors (Lipinski definition) is 1. The Balaban J connectivity index is 1.60. The Hall–Kier alpha value is -2.03. The number of sulfonamides is 1. The molecule has 1 aromatic carbocycles. The Labute approximate surface area is 158 Å². The summed E-state index contributed by atoms with van der Waals surface area (Å²) in [6.07, 6.45) is 1.91. The topological polar surface area (TPSA) is 77.5 Å². The summed E-state index contributed by atoms with van der Waals surface area (Å²) >= 11 is 0. The van der Waals surface area contributed by atoms with Crippen molar-refractivity contribution in [3.63, 3.8) is 0 Å². The maximum absolute atomic E-state index is 13.0. The molecule has 0 saturated carbocycles. The molecule has 0 spiro atoms. The fourth-order valence-corrected chi connectivity index (χ4v) is 3.79. The van der Waals surface area contributed by atoms with Crippen LogP contribution in [0.25, 0.3) is 11.3 Å². The molecular formula is C19H23FN2O4S. The molecule has 2 atom stereocenters. The van der Waals surface area contributed by atoms with E-state index in [9.17, 15) is 12.8 Å². The monoisotopic (exact) mass is 394 g/mol. The van der Waals surface area contributed by atoms with Crippen LogP contribution in [0.1, 0.15) is 13.3 Å². The maximum Gasteiger partial charge on any atom is 0.211 e. The second-order valence-corrected chi connectivity index (χ2v) is 8.49. The van der Waals surface area contributed by atoms with Crippen LogP contribution < -0.4 is 9.46 Å². The highest BCUT2D eigenvalue weighted by Gasteiger charge is 2.29. The zero-order chi connectivity index (χ0) is 19.3. The maximum atomic E-state index is 13.0. The molecule has 8 heteroatoms. The van der Waals surface area contributed by atoms with Crippen LogP contribution >= 0.6 is 0 Å². The van der Waals surface area contributed by atoms with Crippen LogP contribution in [0.3, 0.4) is 0 Å². The summed E-state index contributed by atoms with van der Waals surface area (Å²) in [4.78, 5) is 4.05. The van der Waals surface area contributed by atoms with E-state index in [0.29, 0.717) is 31.3 Å². The van der Waals surface area contributed by atoms with E-state index in [1.54, 1.807) is 13.0 Å². The highest BCUT2D eigenvalue weighted by atomic mass is 32.2. The minimum absolute atomic E-state index is 0.0377. The van der Waals surface area contributed by atoms with E-state index in [0.717, 1.165) is 12.0 Å². The van der Waals surface area contributed by atoms with Gasteiger partial charge in [-0.25, -0.2) is 17.5 Å². The minimum atomic E-state index is -3.29. The normalized spacial score (nSPS) is 20.4. The van der Waals surface area contributed by atoms with Gasteiger partial charge in [-0.2, -0.15) is 0 Å². The van der Waals surface area contributed by atoms with Crippen molar-refractivity contribution in [1.29, 1.82) is 0 Å². The zero-order valence-corrected chi connectivity index (χ0v) is 15.9. The molecule has 0 amide bonds. The van der Waals surface area contributed by atoms with Crippen molar-refractivity contribution in [2.24, 2.45) is 5.92 Å². The van der Waals surface area contributed by atoms with E-state index in [1.165, 1.54) is 12.3 Å². The largest absolute Gasteiger partial charge is 0.493 e. The Kier molecular flexibility index (Phi) is 6.41. The van der Waals surface area contributed by atoms with E-state index in [1.807, 2.05) is 24.3 Å². The Morgan fingerprint density at radius 2 is 2.04 bits per heavy atom. The molecule has 1 saturated heterocycles. The van der Waals surface area contributed by atoms with E-state index >= 15 is 0 Å². The average Bonchev–Trinajstić information content (AvgIpc) is 2.68. The van der Waals surface area contributed by atoms with Gasteiger partial charge in [0.05, 0.1) is 36.9 Å². The van der Waals surface area contributed by atoms with Crippen LogP contribution in [0.15, 0.2) is 42.6 Å². The van der Waals surface area contributed by atoms with E-state index < -0.39 is 10.0 Å². The van der Waals surface area contributed by atoms with Crippen LogP contribution in [0, 0.1) is 11.7 Å². The molecule has 1 aliphatic heterocycles. The van der Waals surface area contributed by atoms with Gasteiger partial charge in [0, 0.05) is 18.1 Å². The summed E-state index contributed by atoms with van der Waals surface area (Å²) in [6, 6.07) is 10.1. The third kappa shape index (κ3) is 5.47. The summed E-state index contributed by atoms with van der Waals surface area (Å²) in [5, 5.41) is 0. The summed E-state index contributed by atoms with van der Waals surface area (Å²) in [5.41, 5.74) is 1.54. The van der Waals surface area contributed by atoms with Crippen molar-refractivity contribution in [3.05, 3.63) is 48.4 Å². The molecule has 146 valence electrons. The Bertz CT molecular complexity index is 841. The first kappa shape index (κ1) is 19.7. The fourth-order valence-electron chi connectivity index (χ4n) is 2.90. The van der Waals surface area contributed by atoms with Crippen LogP contribution in [0.5, 0.6) is 5.75 Å². The Morgan fingerprint density at radius 3 is 2.70 bits per heavy atom. The smallest absolute Gasteiger partial charge is 0.211 e. The molecule has 1 fully saturated rings. The van der Waals surface area contributed by atoms with Crippen molar-refractivity contribution in [3.8, 4) is 17.0 Å². The highest BCUT2D eigenvalue weighted by molar-refractivity contribution is 7.89. The van der Waals surface area contributed by atoms with Gasteiger partial charge in [-0.1, -0.05) is 0 Å². The number of aromatic nitrogens is 1. The predicted octanol–water partition coefficient (Wildman–Crippen LogP) is 2.61. The number of pyridine rings is 1. The van der Waals surface area contributed by atoms with E-state index in [-0.39, 0.29) is 23.5 Å². The number of hydrogen-bond acceptors (Lipinski definition) is 5. The van der Waals surface area contributed by atoms with Gasteiger partial charge in [0.2, 0.25) is 10.0 Å². The summed E-state index contributed by atoms with van der Waals surface area (Å²) in [5.74, 6) is 0.391. The summed E-state index contributed by atoms with van der Waals surface area (Å²) in [6.45, 7) is 2.94. The van der Waals surface area contributed by atoms with Gasteiger partial charge in [-0.3, -0.25) is 4.98 Å². The molecule has 2 aromatic rings. The van der Waals surface area contributed by atoms with Gasteiger partial charge in [0.1, 0.15) is 11.6 Å². The lowest BCUT2D eigenvalue weighted by molar-refractivity contribution is 0.0274. The first-order chi connectivity index (χ1) is 13.0. The molecule has 0 bridgehead atoms. The van der Waals surface area contributed by atoms with Crippen LogP contribution in [-0.2, 0) is 14.8 Å². The number of nitrogens with zero attached hydrogens (tertiary/aromatic N) is 1. The minimum Gasteiger partial charge on any atom is -0.493 e. The zero-order valence-electron chi connectivity index (χ0n) is 15.1. The van der Waals surface area contributed by atoms with Crippen LogP contribution in [-0.4, -0.2) is 45.0 Å². The first-order valence-electron chi connectivity index (χ1n) is 8.89. The van der Waals surface area contributed by atoms with E-state index in [2.05, 4.69) is 9.71 Å². The second kappa shape index (κ2) is 8.77. The van der Waals surface area contributed by atoms with Crippen molar-refractivity contribution < 1.29 is 22.3 Å². The van der Waals surface area contributed by atoms with Crippen molar-refractivity contribution in [2.45, 2.75) is 19.4 Å². The van der Waals surface area contributed by atoms with Crippen LogP contribution in [0.4, 0.5) is 4.39 Å². The molecule has 2 heterocycles. The summed E-state index contributed by atoms with van der Waals surface area (Å²) in [7, 11) is -3.29. The molecule has 1 N–H and O–H groups in total. The van der Waals surface area contributed by atoms with Gasteiger partial charge < -0.3 is 9.47 Å². The summed E-state index contributed by atoms with van der Waals surface area (Å²) < 4.78 is 50.6. The number of ether oxygens (including phenoxy) is 2. The van der Waals surface area contributed by atoms with Gasteiger partial charge in [0.25, 0.3) is 0 Å². The molecule has 0 unspecified atom stereocenters. The molecule has 1 aliphatic rings. The lowest BCUT2D eigenvalue weighted by Gasteiger charge is -2.31. The molecule has 1 aromatic heterocycles. The van der Waals surface area contributed by atoms with Gasteiger partial charge in [-0.05, 0) is 49.7 Å².